The number of rotatable bonds is 12. The zero-order valence-corrected chi connectivity index (χ0v) is 22.2. The van der Waals surface area contributed by atoms with Gasteiger partial charge < -0.3 is 21.3 Å². The van der Waals surface area contributed by atoms with Crippen LogP contribution in [0.3, 0.4) is 0 Å². The van der Waals surface area contributed by atoms with Crippen LogP contribution in [0.1, 0.15) is 11.1 Å². The number of dihydropyridines is 4. The lowest BCUT2D eigenvalue weighted by atomic mass is 10.1. The number of nitrogens with one attached hydrogen (secondary N) is 4. The Morgan fingerprint density at radius 3 is 0.947 bits per heavy atom. The van der Waals surface area contributed by atoms with Crippen molar-refractivity contribution in [3.05, 3.63) is 131 Å². The van der Waals surface area contributed by atoms with Gasteiger partial charge in [0.2, 0.25) is 0 Å². The van der Waals surface area contributed by atoms with Gasteiger partial charge >= 0.3 is 0 Å². The molecule has 1 aromatic rings. The molecule has 198 valence electrons. The van der Waals surface area contributed by atoms with Crippen molar-refractivity contribution in [2.75, 3.05) is 52.4 Å². The average Bonchev–Trinajstić information content (AvgIpc) is 2.96. The molecule has 0 amide bonds. The van der Waals surface area contributed by atoms with E-state index in [4.69, 9.17) is 0 Å². The van der Waals surface area contributed by atoms with Crippen LogP contribution in [0.2, 0.25) is 0 Å². The molecule has 0 unspecified atom stereocenters. The SMILES string of the molecule is C1=CNCC(CN(CC2=CC=CNC2)Cc2ccc(CN(CC3=CC=CNC3)CC3=CC=CNC3)cc2)=C1. The van der Waals surface area contributed by atoms with Crippen molar-refractivity contribution in [3.63, 3.8) is 0 Å². The van der Waals surface area contributed by atoms with E-state index in [9.17, 15) is 0 Å². The number of benzene rings is 1. The molecule has 0 fully saturated rings. The van der Waals surface area contributed by atoms with Crippen molar-refractivity contribution >= 4 is 0 Å². The maximum Gasteiger partial charge on any atom is 0.0370 e. The van der Waals surface area contributed by atoms with E-state index in [0.717, 1.165) is 65.4 Å². The van der Waals surface area contributed by atoms with Crippen molar-refractivity contribution in [1.82, 2.24) is 31.1 Å². The second-order valence-electron chi connectivity index (χ2n) is 10.4. The van der Waals surface area contributed by atoms with Crippen LogP contribution in [-0.2, 0) is 13.1 Å². The molecule has 6 nitrogen and oxygen atoms in total. The summed E-state index contributed by atoms with van der Waals surface area (Å²) in [5.74, 6) is 0. The smallest absolute Gasteiger partial charge is 0.0370 e. The number of allylic oxidation sites excluding steroid dienone is 8. The summed E-state index contributed by atoms with van der Waals surface area (Å²) >= 11 is 0. The van der Waals surface area contributed by atoms with Gasteiger partial charge in [0, 0.05) is 65.4 Å². The van der Waals surface area contributed by atoms with E-state index in [2.05, 4.69) is 104 Å². The molecule has 6 heteroatoms. The van der Waals surface area contributed by atoms with Crippen LogP contribution < -0.4 is 21.3 Å². The average molecular weight is 509 g/mol. The molecule has 0 aromatic heterocycles. The predicted molar refractivity (Wildman–Crippen MR) is 158 cm³/mol. The summed E-state index contributed by atoms with van der Waals surface area (Å²) in [6.45, 7) is 9.39. The summed E-state index contributed by atoms with van der Waals surface area (Å²) in [5, 5.41) is 13.4. The quantitative estimate of drug-likeness (QED) is 0.347. The summed E-state index contributed by atoms with van der Waals surface area (Å²) in [7, 11) is 0. The van der Waals surface area contributed by atoms with Gasteiger partial charge in [0.05, 0.1) is 0 Å². The van der Waals surface area contributed by atoms with Crippen molar-refractivity contribution in [1.29, 1.82) is 0 Å². The molecule has 0 bridgehead atoms. The first-order valence-electron chi connectivity index (χ1n) is 13.6. The summed E-state index contributed by atoms with van der Waals surface area (Å²) in [6.07, 6.45) is 25.5. The summed E-state index contributed by atoms with van der Waals surface area (Å²) in [6, 6.07) is 9.26. The standard InChI is InChI=1S/C32H40N6/c1-5-29(17-33-13-1)23-37(24-30-6-2-14-34-18-30)21-27-9-11-28(12-10-27)22-38(25-31-7-3-15-35-19-31)26-32-8-4-16-36-20-32/h1-16,33-36H,17-26H2. The maximum absolute atomic E-state index is 3.35. The number of nitrogens with zero attached hydrogens (tertiary/aromatic N) is 2. The first kappa shape index (κ1) is 25.9. The van der Waals surface area contributed by atoms with Crippen molar-refractivity contribution in [2.24, 2.45) is 0 Å². The Balaban J connectivity index is 1.24. The zero-order chi connectivity index (χ0) is 25.8. The van der Waals surface area contributed by atoms with Gasteiger partial charge in [-0.25, -0.2) is 0 Å². The van der Waals surface area contributed by atoms with Crippen LogP contribution in [0.15, 0.2) is 120 Å². The van der Waals surface area contributed by atoms with Crippen LogP contribution in [0.5, 0.6) is 0 Å². The minimum atomic E-state index is 0.919. The van der Waals surface area contributed by atoms with Crippen LogP contribution in [-0.4, -0.2) is 62.2 Å². The third-order valence-electron chi connectivity index (χ3n) is 7.04. The predicted octanol–water partition coefficient (Wildman–Crippen LogP) is 3.46. The molecule has 4 heterocycles. The third kappa shape index (κ3) is 8.13. The molecular weight excluding hydrogens is 468 g/mol. The molecule has 0 aliphatic carbocycles. The highest BCUT2D eigenvalue weighted by Gasteiger charge is 2.15. The number of hydrogen-bond donors (Lipinski definition) is 4. The molecule has 0 saturated heterocycles. The molecule has 4 aliphatic rings. The minimum absolute atomic E-state index is 0.919. The topological polar surface area (TPSA) is 54.6 Å². The Labute approximate surface area is 227 Å². The van der Waals surface area contributed by atoms with Crippen molar-refractivity contribution < 1.29 is 0 Å². The van der Waals surface area contributed by atoms with E-state index in [-0.39, 0.29) is 0 Å². The van der Waals surface area contributed by atoms with Gasteiger partial charge in [-0.05, 0) is 82.5 Å². The molecular formula is C32H40N6. The van der Waals surface area contributed by atoms with Crippen LogP contribution in [0, 0.1) is 0 Å². The van der Waals surface area contributed by atoms with Gasteiger partial charge in [-0.15, -0.1) is 0 Å². The molecule has 0 saturated carbocycles. The Kier molecular flexibility index (Phi) is 9.34. The maximum atomic E-state index is 3.35. The summed E-state index contributed by atoms with van der Waals surface area (Å²) < 4.78 is 0. The Bertz CT molecular complexity index is 1020. The van der Waals surface area contributed by atoms with Gasteiger partial charge in [0.1, 0.15) is 0 Å². The van der Waals surface area contributed by atoms with Gasteiger partial charge in [-0.3, -0.25) is 9.80 Å². The van der Waals surface area contributed by atoms with Crippen molar-refractivity contribution in [3.8, 4) is 0 Å². The fourth-order valence-corrected chi connectivity index (χ4v) is 5.19. The van der Waals surface area contributed by atoms with E-state index in [1.165, 1.54) is 33.4 Å². The summed E-state index contributed by atoms with van der Waals surface area (Å²) in [5.41, 5.74) is 8.39. The monoisotopic (exact) mass is 508 g/mol. The zero-order valence-electron chi connectivity index (χ0n) is 22.2. The molecule has 38 heavy (non-hydrogen) atoms. The van der Waals surface area contributed by atoms with Crippen molar-refractivity contribution in [2.45, 2.75) is 13.1 Å². The Morgan fingerprint density at radius 1 is 0.421 bits per heavy atom. The normalized spacial score (nSPS) is 18.2. The highest BCUT2D eigenvalue weighted by molar-refractivity contribution is 5.27. The second-order valence-corrected chi connectivity index (χ2v) is 10.4. The van der Waals surface area contributed by atoms with E-state index < -0.39 is 0 Å². The Morgan fingerprint density at radius 2 is 0.711 bits per heavy atom. The fraction of sp³-hybridized carbons (Fsp3) is 0.312. The van der Waals surface area contributed by atoms with Gasteiger partial charge in [-0.2, -0.15) is 0 Å². The van der Waals surface area contributed by atoms with Crippen LogP contribution >= 0.6 is 0 Å². The van der Waals surface area contributed by atoms with Crippen LogP contribution in [0.4, 0.5) is 0 Å². The molecule has 4 aliphatic heterocycles. The molecule has 0 radical (unpaired) electrons. The first-order valence-corrected chi connectivity index (χ1v) is 13.6. The van der Waals surface area contributed by atoms with E-state index in [1.54, 1.807) is 0 Å². The lowest BCUT2D eigenvalue weighted by molar-refractivity contribution is 0.305. The van der Waals surface area contributed by atoms with Crippen LogP contribution in [0.25, 0.3) is 0 Å². The third-order valence-corrected chi connectivity index (χ3v) is 7.04. The first-order chi connectivity index (χ1) is 18.8. The lowest BCUT2D eigenvalue weighted by Gasteiger charge is -2.28. The largest absolute Gasteiger partial charge is 0.387 e. The van der Waals surface area contributed by atoms with Gasteiger partial charge in [0.25, 0.3) is 0 Å². The number of hydrogen-bond acceptors (Lipinski definition) is 6. The highest BCUT2D eigenvalue weighted by Crippen LogP contribution is 2.16. The fourth-order valence-electron chi connectivity index (χ4n) is 5.19. The van der Waals surface area contributed by atoms with E-state index >= 15 is 0 Å². The van der Waals surface area contributed by atoms with E-state index in [1.807, 2.05) is 24.8 Å². The van der Waals surface area contributed by atoms with Gasteiger partial charge in [-0.1, -0.05) is 48.6 Å². The molecule has 1 aromatic carbocycles. The molecule has 4 N–H and O–H groups in total. The molecule has 5 rings (SSSR count). The molecule has 0 atom stereocenters. The van der Waals surface area contributed by atoms with E-state index in [0.29, 0.717) is 0 Å². The van der Waals surface area contributed by atoms with Gasteiger partial charge in [0.15, 0.2) is 0 Å². The Hall–Kier alpha value is -3.74. The second kappa shape index (κ2) is 13.7. The lowest BCUT2D eigenvalue weighted by Crippen LogP contribution is -2.33. The molecule has 0 spiro atoms. The summed E-state index contributed by atoms with van der Waals surface area (Å²) in [4.78, 5) is 5.10. The minimum Gasteiger partial charge on any atom is -0.387 e. The highest BCUT2D eigenvalue weighted by atomic mass is 15.1.